The van der Waals surface area contributed by atoms with E-state index in [1.54, 1.807) is 33.0 Å². The van der Waals surface area contributed by atoms with Crippen LogP contribution in [0.2, 0.25) is 12.1 Å². The molecule has 2 aromatic carbocycles. The SMILES string of the molecule is CCCCCCCCCCCCCCCCCCCCc1c/c(=c2\cc/c(=c3\ccc4c(c3)[Si](CCCCCCCCCCCCCCCCCCCC)(CCCCCCCCCCCCCCCCCCCC)c3c/c(=c5\s/c(=c6/cc(CCCCCCCCCCCCCCCCCCCC)c(=C(C#N)C#N)s6)cc5CCCCCCCCCCCCCCCCCCCC)ccc3=4)s2)sc1=C(C#N)C#N. The van der Waals surface area contributed by atoms with Crippen LogP contribution in [0.1, 0.15) is 629 Å². The minimum atomic E-state index is -2.47. The van der Waals surface area contributed by atoms with Crippen molar-refractivity contribution in [1.29, 1.82) is 21.0 Å². The number of unbranched alkanes of at least 4 members (excludes halogenated alkanes) is 85. The van der Waals surface area contributed by atoms with Crippen LogP contribution in [0, 0.1) is 93.4 Å². The van der Waals surface area contributed by atoms with Crippen LogP contribution in [0.3, 0.4) is 0 Å². The van der Waals surface area contributed by atoms with Crippen LogP contribution in [-0.4, -0.2) is 8.07 Å². The molecule has 0 unspecified atom stereocenters. The van der Waals surface area contributed by atoms with Gasteiger partial charge in [-0.05, 0) is 129 Å². The summed E-state index contributed by atoms with van der Waals surface area (Å²) in [6.07, 6.45) is 127. The number of thiophene rings is 4. The highest BCUT2D eigenvalue weighted by molar-refractivity contribution is 7.12. The predicted octanol–water partition coefficient (Wildman–Crippen LogP) is 43.5. The lowest BCUT2D eigenvalue weighted by atomic mass is 10.0. The summed E-state index contributed by atoms with van der Waals surface area (Å²) in [5.41, 5.74) is 4.40. The molecule has 4 aromatic heterocycles. The fraction of sp³-hybridized carbons (Fsp3) is 0.746. The van der Waals surface area contributed by atoms with Crippen LogP contribution in [-0.2, 0) is 19.3 Å². The van der Waals surface area contributed by atoms with E-state index >= 15 is 0 Å². The van der Waals surface area contributed by atoms with Crippen LogP contribution in [0.4, 0.5) is 0 Å². The first kappa shape index (κ1) is 125. The monoisotopic (exact) mass is 2040 g/mol. The number of hydrogen-bond acceptors (Lipinski definition) is 8. The molecule has 1 aliphatic heterocycles. The van der Waals surface area contributed by atoms with Gasteiger partial charge in [-0.1, -0.05) is 630 Å². The Balaban J connectivity index is 1.21. The topological polar surface area (TPSA) is 95.2 Å². The molecular formula is C134H216N4S4Si. The van der Waals surface area contributed by atoms with E-state index in [0.29, 0.717) is 0 Å². The average molecular weight is 2040 g/mol. The smallest absolute Gasteiger partial charge is 0.147 e. The van der Waals surface area contributed by atoms with Crippen LogP contribution in [0.5, 0.6) is 0 Å². The zero-order chi connectivity index (χ0) is 101. The van der Waals surface area contributed by atoms with Crippen LogP contribution in [0.15, 0.2) is 66.7 Å². The molecule has 0 saturated carbocycles. The Bertz CT molecular complexity index is 4940. The van der Waals surface area contributed by atoms with Gasteiger partial charge < -0.3 is 0 Å². The number of nitrogens with zero attached hydrogens (tertiary/aromatic N) is 4. The van der Waals surface area contributed by atoms with Gasteiger partial charge >= 0.3 is 0 Å². The molecule has 0 fully saturated rings. The number of rotatable bonds is 95. The van der Waals surface area contributed by atoms with Gasteiger partial charge in [0, 0.05) is 27.2 Å². The average Bonchev–Trinajstić information content (AvgIpc) is 1.56. The quantitative estimate of drug-likeness (QED) is 0.0281. The summed E-state index contributed by atoms with van der Waals surface area (Å²) in [4.78, 5) is 0. The fourth-order valence-electron chi connectivity index (χ4n) is 23.5. The van der Waals surface area contributed by atoms with Crippen molar-refractivity contribution in [2.24, 2.45) is 0 Å². The lowest BCUT2D eigenvalue weighted by Gasteiger charge is -2.31. The molecular weight excluding hydrogens is 1820 g/mol. The highest BCUT2D eigenvalue weighted by Crippen LogP contribution is 2.33. The molecule has 5 heterocycles. The second-order valence-corrected chi connectivity index (χ2v) is 53.6. The standard InChI is InChI=1S/C134H216N4S4Si/c1-6-11-16-21-26-31-36-41-46-51-56-61-66-71-76-81-86-91-96-117-108-128(129-109-119(134(142-129)122(114-137)115-138)98-93-88-83-78-73-68-63-58-53-48-43-38-33-28-23-18-13-8-3)141-132(117)120-100-102-124-123-101-99-116(125-103-104-126(139-125)127-107-118(133(140-127)121(112-135)113-136)97-92-87-82-77-72-67-62-57-52-47-42-37-32-27-22-17-12-7-2)110-130(123)143(131(124)111-120,105-94-89-84-79-74-69-64-59-54-49-44-39-34-29-24-19-14-9-4)106-95-90-85-80-75-70-65-60-55-50-45-40-35-30-25-20-15-10-5/h99-104,107-111H,6-98,105-106H2,1-5H3/b125-116-,127-126-,129-128-,132-120-. The van der Waals surface area contributed by atoms with Crippen molar-refractivity contribution in [3.8, 4) is 24.3 Å². The first-order valence-electron chi connectivity index (χ1n) is 62.9. The summed E-state index contributed by atoms with van der Waals surface area (Å²) in [5, 5.41) is 51.4. The third-order valence-electron chi connectivity index (χ3n) is 32.6. The maximum atomic E-state index is 10.7. The third kappa shape index (κ3) is 53.6. The van der Waals surface area contributed by atoms with Gasteiger partial charge in [-0.15, -0.1) is 45.3 Å². The van der Waals surface area contributed by atoms with Crippen LogP contribution in [0.25, 0.3) is 11.1 Å². The molecule has 1 aliphatic rings. The normalized spacial score (nSPS) is 13.1. The summed E-state index contributed by atoms with van der Waals surface area (Å²) >= 11 is 7.30. The van der Waals surface area contributed by atoms with Gasteiger partial charge in [-0.25, -0.2) is 0 Å². The van der Waals surface area contributed by atoms with Crippen molar-refractivity contribution < 1.29 is 0 Å². The Morgan fingerprint density at radius 3 is 0.657 bits per heavy atom. The second kappa shape index (κ2) is 85.8. The first-order chi connectivity index (χ1) is 70.8. The fourth-order valence-corrected chi connectivity index (χ4v) is 33.8. The molecule has 0 N–H and O–H groups in total. The van der Waals surface area contributed by atoms with Gasteiger partial charge in [-0.3, -0.25) is 0 Å². The van der Waals surface area contributed by atoms with Gasteiger partial charge in [0.05, 0.1) is 9.06 Å². The van der Waals surface area contributed by atoms with Crippen molar-refractivity contribution in [1.82, 2.24) is 0 Å². The number of benzene rings is 2. The molecule has 0 radical (unpaired) electrons. The Kier molecular flexibility index (Phi) is 75.0. The zero-order valence-corrected chi connectivity index (χ0v) is 98.2. The maximum absolute atomic E-state index is 10.7. The molecule has 0 saturated heterocycles. The van der Waals surface area contributed by atoms with E-state index in [1.165, 1.54) is 642 Å². The zero-order valence-electron chi connectivity index (χ0n) is 93.9. The molecule has 0 spiro atoms. The number of fused-ring (bicyclic) bond motifs is 2. The van der Waals surface area contributed by atoms with Gasteiger partial charge in [0.15, 0.2) is 0 Å². The van der Waals surface area contributed by atoms with Crippen molar-refractivity contribution in [3.05, 3.63) is 141 Å². The van der Waals surface area contributed by atoms with Crippen LogP contribution < -0.4 is 19.4 Å². The Labute approximate surface area is 897 Å². The predicted molar refractivity (Wildman–Crippen MR) is 637 cm³/mol. The van der Waals surface area contributed by atoms with Gasteiger partial charge in [0.25, 0.3) is 0 Å². The second-order valence-electron chi connectivity index (χ2n) is 45.2. The first-order valence-corrected chi connectivity index (χ1v) is 68.6. The van der Waals surface area contributed by atoms with Crippen molar-refractivity contribution >= 4 is 74.9 Å². The Hall–Kier alpha value is -4.84. The lowest BCUT2D eigenvalue weighted by molar-refractivity contribution is 0.525. The Morgan fingerprint density at radius 1 is 0.196 bits per heavy atom. The van der Waals surface area contributed by atoms with E-state index in [9.17, 15) is 21.0 Å². The summed E-state index contributed by atoms with van der Waals surface area (Å²) in [6, 6.07) is 39.9. The van der Waals surface area contributed by atoms with Gasteiger partial charge in [0.1, 0.15) is 43.5 Å². The minimum absolute atomic E-state index is 0.260. The van der Waals surface area contributed by atoms with Crippen molar-refractivity contribution in [2.45, 2.75) is 644 Å². The molecule has 9 heteroatoms. The van der Waals surface area contributed by atoms with Crippen molar-refractivity contribution in [2.75, 3.05) is 0 Å². The number of nitriles is 4. The third-order valence-corrected chi connectivity index (χ3v) is 43.1. The summed E-state index contributed by atoms with van der Waals surface area (Å²) in [6.45, 7) is 11.6. The minimum Gasteiger partial charge on any atom is -0.192 e. The molecule has 4 nitrogen and oxygen atoms in total. The molecule has 0 aliphatic carbocycles. The molecule has 143 heavy (non-hydrogen) atoms. The number of hydrogen-bond donors (Lipinski definition) is 0. The van der Waals surface area contributed by atoms with E-state index in [-0.39, 0.29) is 11.1 Å². The van der Waals surface area contributed by atoms with Crippen LogP contribution >= 0.6 is 45.3 Å². The molecule has 0 bridgehead atoms. The molecule has 7 rings (SSSR count). The highest BCUT2D eigenvalue weighted by atomic mass is 32.1. The molecule has 800 valence electrons. The van der Waals surface area contributed by atoms with Crippen molar-refractivity contribution in [3.63, 3.8) is 0 Å². The lowest BCUT2D eigenvalue weighted by Crippen LogP contribution is -2.56. The van der Waals surface area contributed by atoms with Gasteiger partial charge in [0.2, 0.25) is 0 Å². The largest absolute Gasteiger partial charge is 0.192 e. The highest BCUT2D eigenvalue weighted by Gasteiger charge is 2.41. The van der Waals surface area contributed by atoms with Gasteiger partial charge in [-0.2, -0.15) is 21.0 Å². The molecule has 0 atom stereocenters. The number of aryl methyl sites for hydroxylation is 3. The summed E-state index contributed by atoms with van der Waals surface area (Å²) in [7, 11) is -2.47. The van der Waals surface area contributed by atoms with E-state index in [1.807, 2.05) is 22.7 Å². The van der Waals surface area contributed by atoms with E-state index in [0.717, 1.165) is 41.2 Å². The molecule has 6 aromatic rings. The van der Waals surface area contributed by atoms with E-state index < -0.39 is 8.07 Å². The maximum Gasteiger partial charge on any atom is 0.147 e. The van der Waals surface area contributed by atoms with E-state index in [2.05, 4.69) is 126 Å². The summed E-state index contributed by atoms with van der Waals surface area (Å²) in [5.74, 6) is 0. The Morgan fingerprint density at radius 2 is 0.399 bits per heavy atom. The van der Waals surface area contributed by atoms with E-state index in [4.69, 9.17) is 0 Å². The molecule has 0 amide bonds. The summed E-state index contributed by atoms with van der Waals surface area (Å²) < 4.78 is 9.49.